The van der Waals surface area contributed by atoms with Crippen molar-refractivity contribution >= 4 is 22.5 Å². The summed E-state index contributed by atoms with van der Waals surface area (Å²) in [6, 6.07) is 3.61. The van der Waals surface area contributed by atoms with E-state index in [1.54, 1.807) is 13.2 Å². The van der Waals surface area contributed by atoms with Crippen LogP contribution in [0.5, 0.6) is 11.5 Å². The summed E-state index contributed by atoms with van der Waals surface area (Å²) in [6.45, 7) is 2.69. The third-order valence-electron chi connectivity index (χ3n) is 2.33. The highest BCUT2D eigenvalue weighted by Crippen LogP contribution is 2.33. The molecule has 0 aliphatic heterocycles. The van der Waals surface area contributed by atoms with Crippen LogP contribution in [0.1, 0.15) is 13.3 Å². The van der Waals surface area contributed by atoms with E-state index < -0.39 is 0 Å². The number of ether oxygens (including phenoxy) is 2. The Morgan fingerprint density at radius 1 is 1.24 bits per heavy atom. The molecule has 90 valence electrons. The molecule has 0 spiro atoms. The number of hydrogen-bond donors (Lipinski definition) is 0. The second-order valence-corrected chi connectivity index (χ2v) is 3.89. The molecule has 0 radical (unpaired) electrons. The van der Waals surface area contributed by atoms with Gasteiger partial charge in [-0.3, -0.25) is 0 Å². The van der Waals surface area contributed by atoms with Crippen LogP contribution in [0.2, 0.25) is 5.15 Å². The summed E-state index contributed by atoms with van der Waals surface area (Å²) in [5.74, 6) is 1.32. The van der Waals surface area contributed by atoms with Gasteiger partial charge in [0, 0.05) is 11.5 Å². The second kappa shape index (κ2) is 5.19. The number of rotatable bonds is 4. The smallest absolute Gasteiger partial charge is 0.163 e. The lowest BCUT2D eigenvalue weighted by Crippen LogP contribution is -1.98. The number of hydrogen-bond acceptors (Lipinski definition) is 4. The van der Waals surface area contributed by atoms with E-state index in [4.69, 9.17) is 21.1 Å². The predicted molar refractivity (Wildman–Crippen MR) is 66.9 cm³/mol. The lowest BCUT2D eigenvalue weighted by atomic mass is 10.2. The fraction of sp³-hybridized carbons (Fsp3) is 0.333. The van der Waals surface area contributed by atoms with Crippen LogP contribution in [0.25, 0.3) is 10.9 Å². The standard InChI is InChI=1S/C12H13ClN2O2/c1-3-4-17-11-6-9-8(5-10(11)16-2)12(13)15-7-14-9/h5-7H,3-4H2,1-2H3. The SMILES string of the molecule is CCCOc1cc2ncnc(Cl)c2cc1OC. The molecule has 0 bridgehead atoms. The summed E-state index contributed by atoms with van der Waals surface area (Å²) in [4.78, 5) is 8.09. The minimum Gasteiger partial charge on any atom is -0.493 e. The van der Waals surface area contributed by atoms with Gasteiger partial charge >= 0.3 is 0 Å². The molecule has 0 aliphatic rings. The fourth-order valence-electron chi connectivity index (χ4n) is 1.52. The van der Waals surface area contributed by atoms with Gasteiger partial charge in [-0.15, -0.1) is 0 Å². The van der Waals surface area contributed by atoms with Crippen molar-refractivity contribution in [2.75, 3.05) is 13.7 Å². The van der Waals surface area contributed by atoms with Crippen molar-refractivity contribution in [3.63, 3.8) is 0 Å². The molecule has 4 nitrogen and oxygen atoms in total. The van der Waals surface area contributed by atoms with Crippen LogP contribution in [-0.2, 0) is 0 Å². The normalized spacial score (nSPS) is 10.5. The minimum absolute atomic E-state index is 0.412. The summed E-state index contributed by atoms with van der Waals surface area (Å²) in [5.41, 5.74) is 0.747. The van der Waals surface area contributed by atoms with Gasteiger partial charge in [0.1, 0.15) is 11.5 Å². The van der Waals surface area contributed by atoms with Crippen molar-refractivity contribution in [2.45, 2.75) is 13.3 Å². The number of halogens is 1. The molecule has 0 saturated carbocycles. The van der Waals surface area contributed by atoms with Gasteiger partial charge in [0.05, 0.1) is 19.2 Å². The lowest BCUT2D eigenvalue weighted by molar-refractivity contribution is 0.295. The van der Waals surface area contributed by atoms with Crippen LogP contribution in [0.15, 0.2) is 18.5 Å². The van der Waals surface area contributed by atoms with Crippen LogP contribution in [-0.4, -0.2) is 23.7 Å². The van der Waals surface area contributed by atoms with Crippen molar-refractivity contribution in [3.05, 3.63) is 23.6 Å². The molecule has 1 aromatic carbocycles. The van der Waals surface area contributed by atoms with Gasteiger partial charge in [-0.1, -0.05) is 18.5 Å². The Morgan fingerprint density at radius 3 is 2.76 bits per heavy atom. The van der Waals surface area contributed by atoms with Crippen molar-refractivity contribution in [2.24, 2.45) is 0 Å². The zero-order valence-corrected chi connectivity index (χ0v) is 10.5. The lowest BCUT2D eigenvalue weighted by Gasteiger charge is -2.11. The minimum atomic E-state index is 0.412. The van der Waals surface area contributed by atoms with Crippen LogP contribution < -0.4 is 9.47 Å². The summed E-state index contributed by atoms with van der Waals surface area (Å²) in [7, 11) is 1.59. The molecule has 1 heterocycles. The Bertz CT molecular complexity index is 531. The maximum atomic E-state index is 6.00. The first-order chi connectivity index (χ1) is 8.26. The van der Waals surface area contributed by atoms with Gasteiger partial charge in [-0.2, -0.15) is 0 Å². The van der Waals surface area contributed by atoms with Crippen LogP contribution >= 0.6 is 11.6 Å². The van der Waals surface area contributed by atoms with Gasteiger partial charge in [0.15, 0.2) is 11.5 Å². The maximum absolute atomic E-state index is 6.00. The van der Waals surface area contributed by atoms with Crippen molar-refractivity contribution < 1.29 is 9.47 Å². The number of nitrogens with zero attached hydrogens (tertiary/aromatic N) is 2. The first kappa shape index (κ1) is 11.9. The molecule has 0 amide bonds. The fourth-order valence-corrected chi connectivity index (χ4v) is 1.71. The first-order valence-electron chi connectivity index (χ1n) is 5.37. The van der Waals surface area contributed by atoms with Gasteiger partial charge in [0.25, 0.3) is 0 Å². The Kier molecular flexibility index (Phi) is 3.64. The van der Waals surface area contributed by atoms with E-state index in [0.717, 1.165) is 17.3 Å². The summed E-state index contributed by atoms with van der Waals surface area (Å²) < 4.78 is 10.9. The molecule has 0 saturated heterocycles. The number of benzene rings is 1. The third-order valence-corrected chi connectivity index (χ3v) is 2.63. The highest BCUT2D eigenvalue weighted by molar-refractivity contribution is 6.34. The molecule has 0 fully saturated rings. The molecule has 1 aromatic heterocycles. The molecule has 17 heavy (non-hydrogen) atoms. The number of methoxy groups -OCH3 is 1. The largest absolute Gasteiger partial charge is 0.493 e. The highest BCUT2D eigenvalue weighted by atomic mass is 35.5. The van der Waals surface area contributed by atoms with Gasteiger partial charge in [0.2, 0.25) is 0 Å². The quantitative estimate of drug-likeness (QED) is 0.785. The topological polar surface area (TPSA) is 44.2 Å². The van der Waals surface area contributed by atoms with Crippen LogP contribution in [0.4, 0.5) is 0 Å². The van der Waals surface area contributed by atoms with Crippen LogP contribution in [0, 0.1) is 0 Å². The Labute approximate surface area is 105 Å². The van der Waals surface area contributed by atoms with E-state index in [9.17, 15) is 0 Å². The second-order valence-electron chi connectivity index (χ2n) is 3.53. The molecule has 2 aromatic rings. The Balaban J connectivity index is 2.52. The number of fused-ring (bicyclic) bond motifs is 1. The Hall–Kier alpha value is -1.55. The number of aromatic nitrogens is 2. The average Bonchev–Trinajstić information content (AvgIpc) is 2.36. The Morgan fingerprint density at radius 2 is 2.06 bits per heavy atom. The maximum Gasteiger partial charge on any atom is 0.163 e. The molecule has 0 N–H and O–H groups in total. The van der Waals surface area contributed by atoms with Gasteiger partial charge in [-0.25, -0.2) is 9.97 Å². The molecular weight excluding hydrogens is 240 g/mol. The summed E-state index contributed by atoms with van der Waals surface area (Å²) >= 11 is 6.00. The molecule has 0 aliphatic carbocycles. The zero-order valence-electron chi connectivity index (χ0n) is 9.74. The van der Waals surface area contributed by atoms with E-state index in [1.807, 2.05) is 13.0 Å². The average molecular weight is 253 g/mol. The third kappa shape index (κ3) is 2.42. The van der Waals surface area contributed by atoms with E-state index in [-0.39, 0.29) is 0 Å². The van der Waals surface area contributed by atoms with E-state index >= 15 is 0 Å². The van der Waals surface area contributed by atoms with Crippen LogP contribution in [0.3, 0.4) is 0 Å². The van der Waals surface area contributed by atoms with Crippen molar-refractivity contribution in [1.82, 2.24) is 9.97 Å². The zero-order chi connectivity index (χ0) is 12.3. The molecule has 2 rings (SSSR count). The van der Waals surface area contributed by atoms with E-state index in [0.29, 0.717) is 23.3 Å². The summed E-state index contributed by atoms with van der Waals surface area (Å²) in [5, 5.41) is 1.17. The van der Waals surface area contributed by atoms with Gasteiger partial charge in [-0.05, 0) is 12.5 Å². The van der Waals surface area contributed by atoms with Crippen molar-refractivity contribution in [1.29, 1.82) is 0 Å². The monoisotopic (exact) mass is 252 g/mol. The van der Waals surface area contributed by atoms with E-state index in [2.05, 4.69) is 9.97 Å². The highest BCUT2D eigenvalue weighted by Gasteiger charge is 2.10. The molecular formula is C12H13ClN2O2. The predicted octanol–water partition coefficient (Wildman–Crippen LogP) is 3.08. The summed E-state index contributed by atoms with van der Waals surface area (Å²) in [6.07, 6.45) is 2.37. The molecule has 5 heteroatoms. The first-order valence-corrected chi connectivity index (χ1v) is 5.75. The molecule has 0 atom stereocenters. The molecule has 0 unspecified atom stereocenters. The van der Waals surface area contributed by atoms with Crippen molar-refractivity contribution in [3.8, 4) is 11.5 Å². The van der Waals surface area contributed by atoms with E-state index in [1.165, 1.54) is 6.33 Å². The van der Waals surface area contributed by atoms with Gasteiger partial charge < -0.3 is 9.47 Å².